The van der Waals surface area contributed by atoms with Gasteiger partial charge in [0.1, 0.15) is 17.3 Å². The standard InChI is InChI=1S/C21H20N4O3/c1-12-6-13(2)8-16(7-12)24-20-10-17(22-14(3)23-20)21(26)25-15-4-5-18-19(9-15)28-11-27-18/h4-10H,11H2,1-3H3,(H,25,26)(H,22,23,24). The molecule has 0 saturated heterocycles. The van der Waals surface area contributed by atoms with Crippen LogP contribution in [-0.4, -0.2) is 22.7 Å². The second kappa shape index (κ2) is 7.19. The molecule has 1 amide bonds. The molecule has 7 heteroatoms. The third kappa shape index (κ3) is 3.88. The van der Waals surface area contributed by atoms with Crippen molar-refractivity contribution in [2.75, 3.05) is 17.4 Å². The van der Waals surface area contributed by atoms with E-state index in [0.29, 0.717) is 28.8 Å². The quantitative estimate of drug-likeness (QED) is 0.712. The van der Waals surface area contributed by atoms with E-state index in [2.05, 4.69) is 26.7 Å². The molecule has 1 aliphatic rings. The van der Waals surface area contributed by atoms with E-state index in [1.165, 1.54) is 0 Å². The Morgan fingerprint density at radius 1 is 0.893 bits per heavy atom. The topological polar surface area (TPSA) is 85.4 Å². The van der Waals surface area contributed by atoms with Crippen LogP contribution in [0.5, 0.6) is 11.5 Å². The number of anilines is 3. The molecule has 0 saturated carbocycles. The summed E-state index contributed by atoms with van der Waals surface area (Å²) in [6.45, 7) is 6.01. The van der Waals surface area contributed by atoms with Gasteiger partial charge in [0.15, 0.2) is 11.5 Å². The number of benzene rings is 2. The van der Waals surface area contributed by atoms with E-state index in [1.54, 1.807) is 31.2 Å². The minimum Gasteiger partial charge on any atom is -0.454 e. The predicted molar refractivity (Wildman–Crippen MR) is 106 cm³/mol. The lowest BCUT2D eigenvalue weighted by molar-refractivity contribution is 0.102. The average Bonchev–Trinajstić information content (AvgIpc) is 3.08. The monoisotopic (exact) mass is 376 g/mol. The highest BCUT2D eigenvalue weighted by atomic mass is 16.7. The molecule has 3 aromatic rings. The van der Waals surface area contributed by atoms with Crippen molar-refractivity contribution >= 4 is 23.1 Å². The van der Waals surface area contributed by atoms with Crippen LogP contribution in [0, 0.1) is 20.8 Å². The van der Waals surface area contributed by atoms with Gasteiger partial charge in [-0.2, -0.15) is 0 Å². The maximum absolute atomic E-state index is 12.7. The minimum atomic E-state index is -0.326. The van der Waals surface area contributed by atoms with E-state index in [1.807, 2.05) is 26.0 Å². The van der Waals surface area contributed by atoms with Crippen LogP contribution in [0.25, 0.3) is 0 Å². The number of hydrogen-bond donors (Lipinski definition) is 2. The van der Waals surface area contributed by atoms with Crippen LogP contribution >= 0.6 is 0 Å². The zero-order valence-corrected chi connectivity index (χ0v) is 15.9. The van der Waals surface area contributed by atoms with Crippen molar-refractivity contribution in [3.8, 4) is 11.5 Å². The van der Waals surface area contributed by atoms with Crippen molar-refractivity contribution in [2.24, 2.45) is 0 Å². The lowest BCUT2D eigenvalue weighted by atomic mass is 10.1. The molecule has 2 heterocycles. The summed E-state index contributed by atoms with van der Waals surface area (Å²) in [5.74, 6) is 2.01. The lowest BCUT2D eigenvalue weighted by Gasteiger charge is -2.11. The average molecular weight is 376 g/mol. The first-order valence-corrected chi connectivity index (χ1v) is 8.88. The van der Waals surface area contributed by atoms with E-state index in [-0.39, 0.29) is 18.4 Å². The fraction of sp³-hybridized carbons (Fsp3) is 0.190. The second-order valence-electron chi connectivity index (χ2n) is 6.71. The summed E-state index contributed by atoms with van der Waals surface area (Å²) in [5, 5.41) is 6.08. The molecule has 2 N–H and O–H groups in total. The maximum atomic E-state index is 12.7. The van der Waals surface area contributed by atoms with E-state index in [9.17, 15) is 4.79 Å². The maximum Gasteiger partial charge on any atom is 0.274 e. The van der Waals surface area contributed by atoms with Crippen molar-refractivity contribution in [3.05, 3.63) is 65.1 Å². The lowest BCUT2D eigenvalue weighted by Crippen LogP contribution is -2.15. The van der Waals surface area contributed by atoms with Gasteiger partial charge in [0.05, 0.1) is 0 Å². The molecular formula is C21H20N4O3. The normalized spacial score (nSPS) is 12.0. The Kier molecular flexibility index (Phi) is 4.57. The van der Waals surface area contributed by atoms with E-state index >= 15 is 0 Å². The largest absolute Gasteiger partial charge is 0.454 e. The molecule has 2 aromatic carbocycles. The zero-order valence-electron chi connectivity index (χ0n) is 15.9. The van der Waals surface area contributed by atoms with Crippen molar-refractivity contribution in [2.45, 2.75) is 20.8 Å². The summed E-state index contributed by atoms with van der Waals surface area (Å²) in [4.78, 5) is 21.3. The van der Waals surface area contributed by atoms with Gasteiger partial charge >= 0.3 is 0 Å². The van der Waals surface area contributed by atoms with Crippen molar-refractivity contribution in [1.82, 2.24) is 9.97 Å². The fourth-order valence-electron chi connectivity index (χ4n) is 3.11. The molecule has 142 valence electrons. The summed E-state index contributed by atoms with van der Waals surface area (Å²) in [6.07, 6.45) is 0. The molecule has 0 spiro atoms. The van der Waals surface area contributed by atoms with Gasteiger partial charge in [0.2, 0.25) is 6.79 Å². The van der Waals surface area contributed by atoms with Gasteiger partial charge in [-0.1, -0.05) is 6.07 Å². The number of amides is 1. The van der Waals surface area contributed by atoms with E-state index < -0.39 is 0 Å². The van der Waals surface area contributed by atoms with Crippen molar-refractivity contribution in [1.29, 1.82) is 0 Å². The van der Waals surface area contributed by atoms with E-state index in [0.717, 1.165) is 16.8 Å². The Bertz CT molecular complexity index is 1050. The molecule has 0 aliphatic carbocycles. The Morgan fingerprint density at radius 3 is 2.43 bits per heavy atom. The molecule has 0 bridgehead atoms. The van der Waals surface area contributed by atoms with Crippen LogP contribution in [0.1, 0.15) is 27.4 Å². The smallest absolute Gasteiger partial charge is 0.274 e. The third-order valence-electron chi connectivity index (χ3n) is 4.20. The van der Waals surface area contributed by atoms with Crippen LogP contribution < -0.4 is 20.1 Å². The van der Waals surface area contributed by atoms with Crippen LogP contribution in [0.15, 0.2) is 42.5 Å². The Balaban J connectivity index is 1.55. The van der Waals surface area contributed by atoms with Crippen LogP contribution in [0.2, 0.25) is 0 Å². The molecule has 4 rings (SSSR count). The molecule has 7 nitrogen and oxygen atoms in total. The number of hydrogen-bond acceptors (Lipinski definition) is 6. The number of aryl methyl sites for hydroxylation is 3. The van der Waals surface area contributed by atoms with Gasteiger partial charge in [-0.05, 0) is 56.2 Å². The fourth-order valence-corrected chi connectivity index (χ4v) is 3.11. The SMILES string of the molecule is Cc1cc(C)cc(Nc2cc(C(=O)Nc3ccc4c(c3)OCO4)nc(C)n2)c1. The Labute approximate surface area is 162 Å². The second-order valence-corrected chi connectivity index (χ2v) is 6.71. The first-order chi connectivity index (χ1) is 13.5. The number of aromatic nitrogens is 2. The molecule has 0 unspecified atom stereocenters. The molecule has 0 fully saturated rings. The van der Waals surface area contributed by atoms with E-state index in [4.69, 9.17) is 9.47 Å². The Morgan fingerprint density at radius 2 is 1.64 bits per heavy atom. The highest BCUT2D eigenvalue weighted by molar-refractivity contribution is 6.03. The molecule has 28 heavy (non-hydrogen) atoms. The number of nitrogens with zero attached hydrogens (tertiary/aromatic N) is 2. The number of carbonyl (C=O) groups excluding carboxylic acids is 1. The van der Waals surface area contributed by atoms with Gasteiger partial charge in [-0.3, -0.25) is 4.79 Å². The first kappa shape index (κ1) is 17.8. The van der Waals surface area contributed by atoms with Crippen LogP contribution in [0.3, 0.4) is 0 Å². The third-order valence-corrected chi connectivity index (χ3v) is 4.20. The van der Waals surface area contributed by atoms with Gasteiger partial charge in [-0.15, -0.1) is 0 Å². The van der Waals surface area contributed by atoms with Gasteiger partial charge in [0, 0.05) is 23.5 Å². The van der Waals surface area contributed by atoms with Crippen molar-refractivity contribution in [3.63, 3.8) is 0 Å². The summed E-state index contributed by atoms with van der Waals surface area (Å²) >= 11 is 0. The van der Waals surface area contributed by atoms with Gasteiger partial charge in [-0.25, -0.2) is 9.97 Å². The molecule has 0 atom stereocenters. The Hall–Kier alpha value is -3.61. The number of nitrogens with one attached hydrogen (secondary N) is 2. The number of rotatable bonds is 4. The number of carbonyl (C=O) groups is 1. The predicted octanol–water partition coefficient (Wildman–Crippen LogP) is 4.13. The first-order valence-electron chi connectivity index (χ1n) is 8.88. The van der Waals surface area contributed by atoms with Gasteiger partial charge in [0.25, 0.3) is 5.91 Å². The molecule has 1 aliphatic heterocycles. The summed E-state index contributed by atoms with van der Waals surface area (Å²) in [6, 6.07) is 13.0. The van der Waals surface area contributed by atoms with Gasteiger partial charge < -0.3 is 20.1 Å². The van der Waals surface area contributed by atoms with Crippen molar-refractivity contribution < 1.29 is 14.3 Å². The number of ether oxygens (including phenoxy) is 2. The summed E-state index contributed by atoms with van der Waals surface area (Å²) < 4.78 is 10.6. The highest BCUT2D eigenvalue weighted by Gasteiger charge is 2.16. The molecular weight excluding hydrogens is 356 g/mol. The number of fused-ring (bicyclic) bond motifs is 1. The summed E-state index contributed by atoms with van der Waals surface area (Å²) in [5.41, 5.74) is 4.09. The summed E-state index contributed by atoms with van der Waals surface area (Å²) in [7, 11) is 0. The van der Waals surface area contributed by atoms with Crippen LogP contribution in [-0.2, 0) is 0 Å². The molecule has 1 aromatic heterocycles. The molecule has 0 radical (unpaired) electrons. The van der Waals surface area contributed by atoms with Crippen LogP contribution in [0.4, 0.5) is 17.2 Å². The zero-order chi connectivity index (χ0) is 19.7. The highest BCUT2D eigenvalue weighted by Crippen LogP contribution is 2.34. The minimum absolute atomic E-state index is 0.186.